The molecule has 5 rings (SSSR count). The third-order valence-electron chi connectivity index (χ3n) is 8.36. The number of carbonyl (C=O) groups is 3. The van der Waals surface area contributed by atoms with Crippen molar-refractivity contribution in [1.82, 2.24) is 4.90 Å². The van der Waals surface area contributed by atoms with Gasteiger partial charge in [0.1, 0.15) is 47.7 Å². The highest BCUT2D eigenvalue weighted by Crippen LogP contribution is 2.54. The van der Waals surface area contributed by atoms with E-state index in [2.05, 4.69) is 9.99 Å². The van der Waals surface area contributed by atoms with Crippen LogP contribution in [-0.2, 0) is 20.8 Å². The second-order valence-corrected chi connectivity index (χ2v) is 11.1. The monoisotopic (exact) mass is 580 g/mol. The van der Waals surface area contributed by atoms with Gasteiger partial charge in [-0.1, -0.05) is 5.16 Å². The quantitative estimate of drug-likeness (QED) is 0.188. The lowest BCUT2D eigenvalue weighted by Gasteiger charge is -2.50. The van der Waals surface area contributed by atoms with Crippen LogP contribution in [0.1, 0.15) is 28.1 Å². The number of nitrogens with zero attached hydrogens (tertiary/aromatic N) is 3. The van der Waals surface area contributed by atoms with Gasteiger partial charge >= 0.3 is 0 Å². The zero-order valence-corrected chi connectivity index (χ0v) is 23.7. The van der Waals surface area contributed by atoms with E-state index in [0.29, 0.717) is 17.0 Å². The summed E-state index contributed by atoms with van der Waals surface area (Å²) in [6, 6.07) is 3.81. The number of allylic oxidation sites excluding steroid dienone is 1. The number of aliphatic hydroxyl groups excluding tert-OH is 2. The minimum Gasteiger partial charge on any atom is -0.510 e. The zero-order valence-electron chi connectivity index (χ0n) is 23.7. The predicted octanol–water partition coefficient (Wildman–Crippen LogP) is 1.43. The molecule has 0 fully saturated rings. The topological polar surface area (TPSA) is 199 Å². The Balaban J connectivity index is 1.72. The second kappa shape index (κ2) is 10.0. The van der Waals surface area contributed by atoms with Crippen molar-refractivity contribution in [3.8, 4) is 17.1 Å². The number of phenolic OH excluding ortho intramolecular Hbond substituents is 1. The van der Waals surface area contributed by atoms with Crippen LogP contribution < -0.4 is 10.6 Å². The molecular weight excluding hydrogens is 548 g/mol. The molecule has 3 aliphatic carbocycles. The Morgan fingerprint density at radius 3 is 2.48 bits per heavy atom. The van der Waals surface area contributed by atoms with E-state index in [9.17, 15) is 34.8 Å². The maximum Gasteiger partial charge on any atom is 0.255 e. The molecule has 3 aliphatic rings. The first-order chi connectivity index (χ1) is 19.7. The van der Waals surface area contributed by atoms with E-state index in [1.54, 1.807) is 51.3 Å². The van der Waals surface area contributed by atoms with Crippen molar-refractivity contribution in [2.45, 2.75) is 24.5 Å². The summed E-state index contributed by atoms with van der Waals surface area (Å²) >= 11 is 0. The number of ketones is 2. The van der Waals surface area contributed by atoms with Gasteiger partial charge in [-0.25, -0.2) is 0 Å². The number of amides is 1. The lowest BCUT2D eigenvalue weighted by atomic mass is 9.58. The van der Waals surface area contributed by atoms with Crippen molar-refractivity contribution in [3.63, 3.8) is 0 Å². The van der Waals surface area contributed by atoms with Gasteiger partial charge in [0, 0.05) is 31.3 Å². The Kier molecular flexibility index (Phi) is 6.90. The summed E-state index contributed by atoms with van der Waals surface area (Å²) in [6.07, 6.45) is 1.50. The van der Waals surface area contributed by atoms with Crippen LogP contribution in [0.5, 0.6) is 5.75 Å². The van der Waals surface area contributed by atoms with Gasteiger partial charge in [0.05, 0.1) is 17.2 Å². The summed E-state index contributed by atoms with van der Waals surface area (Å²) in [5.74, 6) is -6.51. The Morgan fingerprint density at radius 2 is 1.88 bits per heavy atom. The number of primary amides is 1. The molecule has 1 unspecified atom stereocenters. The average molecular weight is 581 g/mol. The maximum absolute atomic E-state index is 14.2. The Hall–Kier alpha value is -4.62. The number of rotatable bonds is 6. The smallest absolute Gasteiger partial charge is 0.255 e. The number of hydrogen-bond donors (Lipinski definition) is 5. The highest BCUT2D eigenvalue weighted by Gasteiger charge is 2.63. The first-order valence-corrected chi connectivity index (χ1v) is 13.1. The first kappa shape index (κ1) is 28.9. The van der Waals surface area contributed by atoms with Gasteiger partial charge in [0.2, 0.25) is 5.78 Å². The molecule has 1 aromatic heterocycles. The number of nitrogens with two attached hydrogens (primary N) is 1. The average Bonchev–Trinajstić information content (AvgIpc) is 3.37. The number of furan rings is 1. The van der Waals surface area contributed by atoms with Crippen LogP contribution in [-0.4, -0.2) is 96.0 Å². The number of anilines is 1. The third kappa shape index (κ3) is 3.99. The van der Waals surface area contributed by atoms with E-state index in [1.165, 1.54) is 18.2 Å². The summed E-state index contributed by atoms with van der Waals surface area (Å²) in [6.45, 7) is 0. The Bertz CT molecular complexity index is 1620. The van der Waals surface area contributed by atoms with Crippen LogP contribution in [0.2, 0.25) is 0 Å². The fourth-order valence-electron chi connectivity index (χ4n) is 6.56. The van der Waals surface area contributed by atoms with Crippen LogP contribution in [0.15, 0.2) is 50.4 Å². The van der Waals surface area contributed by atoms with Crippen molar-refractivity contribution in [2.24, 2.45) is 22.7 Å². The van der Waals surface area contributed by atoms with Gasteiger partial charge in [-0.3, -0.25) is 19.3 Å². The number of aromatic hydroxyl groups is 1. The molecule has 2 aromatic rings. The van der Waals surface area contributed by atoms with Gasteiger partial charge in [-0.05, 0) is 56.6 Å². The molecule has 4 atom stereocenters. The molecule has 0 aliphatic heterocycles. The van der Waals surface area contributed by atoms with E-state index in [1.807, 2.05) is 0 Å². The minimum absolute atomic E-state index is 0.00151. The van der Waals surface area contributed by atoms with Crippen molar-refractivity contribution in [2.75, 3.05) is 40.2 Å². The number of fused-ring (bicyclic) bond motifs is 3. The van der Waals surface area contributed by atoms with Crippen LogP contribution in [0, 0.1) is 11.8 Å². The van der Waals surface area contributed by atoms with Gasteiger partial charge in [0.15, 0.2) is 11.4 Å². The molecule has 1 aromatic carbocycles. The number of oxime groups is 1. The van der Waals surface area contributed by atoms with Crippen molar-refractivity contribution in [1.29, 1.82) is 0 Å². The van der Waals surface area contributed by atoms with E-state index in [0.717, 1.165) is 0 Å². The molecule has 0 saturated carbocycles. The number of hydrogen-bond acceptors (Lipinski definition) is 12. The minimum atomic E-state index is -2.71. The zero-order chi connectivity index (χ0) is 30.8. The molecule has 0 radical (unpaired) electrons. The van der Waals surface area contributed by atoms with Crippen molar-refractivity contribution < 1.29 is 44.1 Å². The molecule has 13 heteroatoms. The SMILES string of the molecule is CO/N=C/c1ccc(-c2cc(N(C)C)c3c(c2O)C(=O)C2=C(O)[C@]4(O)C(=O)C(C(N)=O)=C(O)C(N(C)C)[C@@H]4C[C@@H]2C3)o1. The molecular formula is C29H32N4O9. The first-order valence-electron chi connectivity index (χ1n) is 13.1. The van der Waals surface area contributed by atoms with Crippen LogP contribution in [0.4, 0.5) is 5.69 Å². The Labute approximate surface area is 240 Å². The predicted molar refractivity (Wildman–Crippen MR) is 150 cm³/mol. The molecule has 1 heterocycles. The van der Waals surface area contributed by atoms with Gasteiger partial charge in [0.25, 0.3) is 5.91 Å². The van der Waals surface area contributed by atoms with Crippen molar-refractivity contribution >= 4 is 29.4 Å². The van der Waals surface area contributed by atoms with E-state index in [-0.39, 0.29) is 35.3 Å². The number of likely N-dealkylation sites (N-methyl/N-ethyl adjacent to an activating group) is 1. The van der Waals surface area contributed by atoms with Crippen LogP contribution in [0.3, 0.4) is 0 Å². The van der Waals surface area contributed by atoms with E-state index in [4.69, 9.17) is 10.2 Å². The molecule has 42 heavy (non-hydrogen) atoms. The second-order valence-electron chi connectivity index (χ2n) is 11.1. The highest BCUT2D eigenvalue weighted by molar-refractivity contribution is 6.25. The summed E-state index contributed by atoms with van der Waals surface area (Å²) in [5.41, 5.74) is 2.79. The molecule has 13 nitrogen and oxygen atoms in total. The number of Topliss-reactive ketones (excluding diaryl/α,β-unsaturated/α-hetero) is 2. The largest absolute Gasteiger partial charge is 0.510 e. The molecule has 222 valence electrons. The fraction of sp³-hybridized carbons (Fsp3) is 0.379. The summed E-state index contributed by atoms with van der Waals surface area (Å²) in [7, 11) is 8.09. The fourth-order valence-corrected chi connectivity index (χ4v) is 6.56. The number of carbonyl (C=O) groups excluding carboxylic acids is 3. The molecule has 1 amide bonds. The van der Waals surface area contributed by atoms with E-state index < -0.39 is 63.8 Å². The lowest BCUT2D eigenvalue weighted by Crippen LogP contribution is -2.63. The number of aliphatic hydroxyl groups is 3. The summed E-state index contributed by atoms with van der Waals surface area (Å²) in [5, 5.41) is 49.3. The molecule has 6 N–H and O–H groups in total. The summed E-state index contributed by atoms with van der Waals surface area (Å²) in [4.78, 5) is 47.8. The van der Waals surface area contributed by atoms with Crippen LogP contribution in [0.25, 0.3) is 11.3 Å². The molecule has 0 spiro atoms. The van der Waals surface area contributed by atoms with Gasteiger partial charge in [-0.2, -0.15) is 0 Å². The molecule has 0 saturated heterocycles. The standard InChI is InChI=1S/C29H32N4O9/c1-32(2)17-10-15(18-7-6-13(42-18)11-31-41-5)23(34)20-14(17)8-12-9-16-22(33(3)4)25(36)21(28(30)39)27(38)29(16,40)26(37)19(12)24(20)35/h6-7,10-12,16,22,34,36-37,40H,8-9H2,1-5H3,(H2,30,39)/b31-11+/t12-,16-,22?,29-/m0/s1. The van der Waals surface area contributed by atoms with Crippen molar-refractivity contribution in [3.05, 3.63) is 57.8 Å². The van der Waals surface area contributed by atoms with Crippen LogP contribution >= 0.6 is 0 Å². The van der Waals surface area contributed by atoms with Gasteiger partial charge in [-0.15, -0.1) is 0 Å². The third-order valence-corrected chi connectivity index (χ3v) is 8.36. The molecule has 0 bridgehead atoms. The highest BCUT2D eigenvalue weighted by atomic mass is 16.6. The lowest BCUT2D eigenvalue weighted by molar-refractivity contribution is -0.148. The summed E-state index contributed by atoms with van der Waals surface area (Å²) < 4.78 is 5.78. The van der Waals surface area contributed by atoms with E-state index >= 15 is 0 Å². The number of benzene rings is 1. The maximum atomic E-state index is 14.2. The Morgan fingerprint density at radius 1 is 1.19 bits per heavy atom. The van der Waals surface area contributed by atoms with Gasteiger partial charge < -0.3 is 40.3 Å². The normalized spacial score (nSPS) is 25.5. The number of phenols is 1.